The third-order valence-corrected chi connectivity index (χ3v) is 2.34. The molecular formula is C12H9ClF4O2. The van der Waals surface area contributed by atoms with E-state index in [0.717, 1.165) is 12.2 Å². The van der Waals surface area contributed by atoms with Crippen LogP contribution in [-0.2, 0) is 15.7 Å². The number of halogens is 5. The van der Waals surface area contributed by atoms with Gasteiger partial charge >= 0.3 is 12.1 Å². The smallest absolute Gasteiger partial charge is 0.416 e. The first-order valence-corrected chi connectivity index (χ1v) is 5.54. The molecule has 0 saturated carbocycles. The molecule has 2 nitrogen and oxygen atoms in total. The first kappa shape index (κ1) is 15.5. The molecule has 0 spiro atoms. The van der Waals surface area contributed by atoms with Crippen molar-refractivity contribution in [3.63, 3.8) is 0 Å². The summed E-state index contributed by atoms with van der Waals surface area (Å²) in [4.78, 5) is 11.0. The van der Waals surface area contributed by atoms with Crippen molar-refractivity contribution in [3.05, 3.63) is 40.2 Å². The summed E-state index contributed by atoms with van der Waals surface area (Å²) >= 11 is 5.38. The van der Waals surface area contributed by atoms with Crippen LogP contribution in [-0.4, -0.2) is 12.6 Å². The van der Waals surface area contributed by atoms with Crippen LogP contribution in [0.5, 0.6) is 0 Å². The predicted molar refractivity (Wildman–Crippen MR) is 62.1 cm³/mol. The van der Waals surface area contributed by atoms with Crippen molar-refractivity contribution in [3.8, 4) is 0 Å². The topological polar surface area (TPSA) is 26.3 Å². The van der Waals surface area contributed by atoms with E-state index in [-0.39, 0.29) is 6.61 Å². The van der Waals surface area contributed by atoms with Crippen LogP contribution in [0.3, 0.4) is 0 Å². The maximum atomic E-state index is 13.5. The molecule has 0 N–H and O–H groups in total. The van der Waals surface area contributed by atoms with Crippen LogP contribution in [0, 0.1) is 5.82 Å². The Hall–Kier alpha value is -1.56. The van der Waals surface area contributed by atoms with Crippen molar-refractivity contribution in [1.29, 1.82) is 0 Å². The number of hydrogen-bond donors (Lipinski definition) is 0. The number of esters is 1. The van der Waals surface area contributed by atoms with E-state index in [1.165, 1.54) is 0 Å². The summed E-state index contributed by atoms with van der Waals surface area (Å²) in [5, 5.41) is -0.668. The quantitative estimate of drug-likeness (QED) is 0.477. The third kappa shape index (κ3) is 4.24. The molecule has 0 aliphatic rings. The lowest BCUT2D eigenvalue weighted by molar-refractivity contribution is -0.138. The van der Waals surface area contributed by atoms with Gasteiger partial charge in [-0.2, -0.15) is 13.2 Å². The third-order valence-electron chi connectivity index (χ3n) is 2.07. The minimum Gasteiger partial charge on any atom is -0.463 e. The minimum absolute atomic E-state index is 0.106. The van der Waals surface area contributed by atoms with Gasteiger partial charge in [0.25, 0.3) is 0 Å². The van der Waals surface area contributed by atoms with E-state index in [0.29, 0.717) is 12.1 Å². The molecule has 0 atom stereocenters. The van der Waals surface area contributed by atoms with Crippen LogP contribution in [0.25, 0.3) is 6.08 Å². The second-order valence-electron chi connectivity index (χ2n) is 3.44. The molecule has 104 valence electrons. The molecule has 0 saturated heterocycles. The van der Waals surface area contributed by atoms with Gasteiger partial charge in [-0.3, -0.25) is 0 Å². The highest BCUT2D eigenvalue weighted by Gasteiger charge is 2.31. The summed E-state index contributed by atoms with van der Waals surface area (Å²) < 4.78 is 55.5. The van der Waals surface area contributed by atoms with Gasteiger partial charge in [0.05, 0.1) is 17.2 Å². The summed E-state index contributed by atoms with van der Waals surface area (Å²) in [6.45, 7) is 1.67. The summed E-state index contributed by atoms with van der Waals surface area (Å²) in [6, 6.07) is 1.05. The van der Waals surface area contributed by atoms with Gasteiger partial charge in [-0.1, -0.05) is 11.6 Å². The zero-order chi connectivity index (χ0) is 14.6. The maximum Gasteiger partial charge on any atom is 0.416 e. The van der Waals surface area contributed by atoms with Gasteiger partial charge in [-0.05, 0) is 25.1 Å². The number of hydrogen-bond acceptors (Lipinski definition) is 2. The molecule has 1 rings (SSSR count). The standard InChI is InChI=1S/C12H9ClF4O2/c1-2-19-10(18)4-3-7-5-8(12(15,16)17)6-9(13)11(7)14/h3-6H,2H2,1H3/b4-3+. The summed E-state index contributed by atoms with van der Waals surface area (Å²) in [7, 11) is 0. The van der Waals surface area contributed by atoms with Crippen LogP contribution in [0.1, 0.15) is 18.1 Å². The van der Waals surface area contributed by atoms with E-state index in [2.05, 4.69) is 4.74 Å². The molecule has 0 heterocycles. The molecule has 7 heteroatoms. The highest BCUT2D eigenvalue weighted by Crippen LogP contribution is 2.33. The molecule has 0 aromatic heterocycles. The van der Waals surface area contributed by atoms with Crippen molar-refractivity contribution in [2.24, 2.45) is 0 Å². The summed E-state index contributed by atoms with van der Waals surface area (Å²) in [5.41, 5.74) is -1.53. The molecule has 19 heavy (non-hydrogen) atoms. The van der Waals surface area contributed by atoms with Gasteiger partial charge in [0.2, 0.25) is 0 Å². The van der Waals surface area contributed by atoms with Crippen LogP contribution in [0.4, 0.5) is 17.6 Å². The fourth-order valence-electron chi connectivity index (χ4n) is 1.24. The molecule has 0 unspecified atom stereocenters. The number of rotatable bonds is 3. The Morgan fingerprint density at radius 1 is 1.42 bits per heavy atom. The Labute approximate surface area is 111 Å². The average molecular weight is 297 g/mol. The zero-order valence-corrected chi connectivity index (χ0v) is 10.5. The van der Waals surface area contributed by atoms with Gasteiger partial charge in [0.15, 0.2) is 0 Å². The Bertz CT molecular complexity index is 509. The van der Waals surface area contributed by atoms with E-state index in [1.807, 2.05) is 0 Å². The molecule has 0 aliphatic heterocycles. The van der Waals surface area contributed by atoms with Crippen molar-refractivity contribution in [2.75, 3.05) is 6.61 Å². The van der Waals surface area contributed by atoms with Crippen molar-refractivity contribution in [2.45, 2.75) is 13.1 Å². The Balaban J connectivity index is 3.13. The normalized spacial score (nSPS) is 11.9. The van der Waals surface area contributed by atoms with E-state index in [1.54, 1.807) is 6.92 Å². The average Bonchev–Trinajstić information content (AvgIpc) is 2.30. The van der Waals surface area contributed by atoms with E-state index < -0.39 is 34.1 Å². The molecule has 1 aromatic carbocycles. The van der Waals surface area contributed by atoms with E-state index in [9.17, 15) is 22.4 Å². The molecule has 1 aromatic rings. The van der Waals surface area contributed by atoms with Crippen LogP contribution < -0.4 is 0 Å². The first-order valence-electron chi connectivity index (χ1n) is 5.16. The summed E-state index contributed by atoms with van der Waals surface area (Å²) in [6.07, 6.45) is -2.93. The molecule has 0 amide bonds. The Kier molecular flexibility index (Phi) is 4.94. The fourth-order valence-corrected chi connectivity index (χ4v) is 1.47. The van der Waals surface area contributed by atoms with Crippen molar-refractivity contribution < 1.29 is 27.1 Å². The second kappa shape index (κ2) is 6.06. The Morgan fingerprint density at radius 3 is 2.58 bits per heavy atom. The van der Waals surface area contributed by atoms with Gasteiger partial charge < -0.3 is 4.74 Å². The number of alkyl halides is 3. The van der Waals surface area contributed by atoms with E-state index in [4.69, 9.17) is 11.6 Å². The largest absolute Gasteiger partial charge is 0.463 e. The maximum absolute atomic E-state index is 13.5. The van der Waals surface area contributed by atoms with Crippen LogP contribution in [0.15, 0.2) is 18.2 Å². The van der Waals surface area contributed by atoms with Crippen molar-refractivity contribution in [1.82, 2.24) is 0 Å². The minimum atomic E-state index is -4.65. The number of carbonyl (C=O) groups excluding carboxylic acids is 1. The zero-order valence-electron chi connectivity index (χ0n) is 9.72. The molecule has 0 fully saturated rings. The first-order chi connectivity index (χ1) is 8.75. The SMILES string of the molecule is CCOC(=O)/C=C/c1cc(C(F)(F)F)cc(Cl)c1F. The molecule has 0 bridgehead atoms. The molecule has 0 radical (unpaired) electrons. The van der Waals surface area contributed by atoms with Crippen molar-refractivity contribution >= 4 is 23.6 Å². The number of benzene rings is 1. The highest BCUT2D eigenvalue weighted by atomic mass is 35.5. The van der Waals surface area contributed by atoms with Gasteiger partial charge in [-0.25, -0.2) is 9.18 Å². The monoisotopic (exact) mass is 296 g/mol. The number of ether oxygens (including phenoxy) is 1. The second-order valence-corrected chi connectivity index (χ2v) is 3.85. The van der Waals surface area contributed by atoms with Gasteiger partial charge in [-0.15, -0.1) is 0 Å². The molecular weight excluding hydrogens is 288 g/mol. The lowest BCUT2D eigenvalue weighted by Gasteiger charge is -2.09. The lowest BCUT2D eigenvalue weighted by atomic mass is 10.1. The van der Waals surface area contributed by atoms with E-state index >= 15 is 0 Å². The van der Waals surface area contributed by atoms with Gasteiger partial charge in [0, 0.05) is 11.6 Å². The highest BCUT2D eigenvalue weighted by molar-refractivity contribution is 6.31. The molecule has 0 aliphatic carbocycles. The predicted octanol–water partition coefficient (Wildman–Crippen LogP) is 4.07. The fraction of sp³-hybridized carbons (Fsp3) is 0.250. The number of carbonyl (C=O) groups is 1. The van der Waals surface area contributed by atoms with Gasteiger partial charge in [0.1, 0.15) is 5.82 Å². The van der Waals surface area contributed by atoms with Crippen LogP contribution >= 0.6 is 11.6 Å². The van der Waals surface area contributed by atoms with Crippen LogP contribution in [0.2, 0.25) is 5.02 Å². The summed E-state index contributed by atoms with van der Waals surface area (Å²) in [5.74, 6) is -1.81. The lowest BCUT2D eigenvalue weighted by Crippen LogP contribution is -2.06. The Morgan fingerprint density at radius 2 is 2.05 bits per heavy atom.